The van der Waals surface area contributed by atoms with Crippen molar-refractivity contribution < 1.29 is 4.79 Å². The smallest absolute Gasteiger partial charge is 0.275 e. The molecule has 2 aromatic carbocycles. The van der Waals surface area contributed by atoms with Crippen LogP contribution in [0.15, 0.2) is 71.9 Å². The van der Waals surface area contributed by atoms with E-state index in [1.54, 1.807) is 22.8 Å². The largest absolute Gasteiger partial charge is 0.366 e. The van der Waals surface area contributed by atoms with Gasteiger partial charge in [0.25, 0.3) is 5.56 Å². The molecule has 0 aliphatic carbocycles. The van der Waals surface area contributed by atoms with Crippen LogP contribution < -0.4 is 11.3 Å². The zero-order valence-corrected chi connectivity index (χ0v) is 13.1. The molecule has 0 spiro atoms. The number of fused-ring (bicyclic) bond motifs is 1. The highest BCUT2D eigenvalue weighted by molar-refractivity contribution is 5.97. The molecule has 122 valence electrons. The first-order valence-electron chi connectivity index (χ1n) is 7.69. The Labute approximate surface area is 142 Å². The van der Waals surface area contributed by atoms with Crippen molar-refractivity contribution in [2.75, 3.05) is 0 Å². The molecule has 0 bridgehead atoms. The standard InChI is InChI=1S/C19H14N4O2/c20-18(24)13-6-4-5-12(9-13)15-10-23(14-7-2-1-3-8-14)17-16(15)21-11-22-19(17)25/h1-11H,(H2,20,24)(H,21,22,25). The van der Waals surface area contributed by atoms with Crippen LogP contribution in [0, 0.1) is 0 Å². The Balaban J connectivity index is 2.04. The summed E-state index contributed by atoms with van der Waals surface area (Å²) in [6.07, 6.45) is 3.23. The van der Waals surface area contributed by atoms with Crippen molar-refractivity contribution in [3.8, 4) is 16.8 Å². The molecule has 4 rings (SSSR count). The number of carbonyl (C=O) groups excluding carboxylic acids is 1. The molecule has 0 atom stereocenters. The lowest BCUT2D eigenvalue weighted by Gasteiger charge is -2.03. The number of rotatable bonds is 3. The first kappa shape index (κ1) is 14.9. The van der Waals surface area contributed by atoms with Gasteiger partial charge in [-0.3, -0.25) is 9.59 Å². The minimum Gasteiger partial charge on any atom is -0.366 e. The number of nitrogens with zero attached hydrogens (tertiary/aromatic N) is 2. The van der Waals surface area contributed by atoms with Gasteiger partial charge in [0, 0.05) is 23.0 Å². The molecule has 4 aromatic rings. The molecule has 25 heavy (non-hydrogen) atoms. The number of carbonyl (C=O) groups is 1. The number of primary amides is 1. The lowest BCUT2D eigenvalue weighted by Crippen LogP contribution is -2.10. The number of benzene rings is 2. The molecule has 0 unspecified atom stereocenters. The van der Waals surface area contributed by atoms with Gasteiger partial charge in [-0.2, -0.15) is 0 Å². The van der Waals surface area contributed by atoms with E-state index in [1.165, 1.54) is 6.33 Å². The summed E-state index contributed by atoms with van der Waals surface area (Å²) in [4.78, 5) is 30.8. The second-order valence-corrected chi connectivity index (χ2v) is 5.62. The molecule has 2 aromatic heterocycles. The van der Waals surface area contributed by atoms with Crippen molar-refractivity contribution in [2.45, 2.75) is 0 Å². The Morgan fingerprint density at radius 2 is 1.88 bits per heavy atom. The summed E-state index contributed by atoms with van der Waals surface area (Å²) in [5.41, 5.74) is 8.95. The van der Waals surface area contributed by atoms with Gasteiger partial charge in [0.05, 0.1) is 6.33 Å². The van der Waals surface area contributed by atoms with Gasteiger partial charge < -0.3 is 15.3 Å². The van der Waals surface area contributed by atoms with E-state index in [-0.39, 0.29) is 5.56 Å². The molecule has 6 nitrogen and oxygen atoms in total. The quantitative estimate of drug-likeness (QED) is 0.604. The van der Waals surface area contributed by atoms with Gasteiger partial charge in [-0.05, 0) is 29.8 Å². The third-order valence-corrected chi connectivity index (χ3v) is 4.08. The predicted octanol–water partition coefficient (Wildman–Crippen LogP) is 2.48. The van der Waals surface area contributed by atoms with E-state index in [9.17, 15) is 9.59 Å². The second-order valence-electron chi connectivity index (χ2n) is 5.62. The van der Waals surface area contributed by atoms with E-state index in [0.29, 0.717) is 16.6 Å². The fourth-order valence-electron chi connectivity index (χ4n) is 2.91. The summed E-state index contributed by atoms with van der Waals surface area (Å²) in [5, 5.41) is 0. The van der Waals surface area contributed by atoms with Gasteiger partial charge >= 0.3 is 0 Å². The van der Waals surface area contributed by atoms with Crippen LogP contribution in [0.5, 0.6) is 0 Å². The molecule has 0 aliphatic heterocycles. The van der Waals surface area contributed by atoms with Crippen LogP contribution in [0.2, 0.25) is 0 Å². The van der Waals surface area contributed by atoms with Gasteiger partial charge in [0.1, 0.15) is 11.0 Å². The zero-order valence-electron chi connectivity index (χ0n) is 13.1. The van der Waals surface area contributed by atoms with Crippen LogP contribution in [0.4, 0.5) is 0 Å². The monoisotopic (exact) mass is 330 g/mol. The van der Waals surface area contributed by atoms with Crippen LogP contribution >= 0.6 is 0 Å². The Kier molecular flexibility index (Phi) is 3.43. The lowest BCUT2D eigenvalue weighted by molar-refractivity contribution is 0.100. The first-order valence-corrected chi connectivity index (χ1v) is 7.69. The maximum Gasteiger partial charge on any atom is 0.275 e. The Bertz CT molecular complexity index is 1140. The topological polar surface area (TPSA) is 93.8 Å². The molecular weight excluding hydrogens is 316 g/mol. The van der Waals surface area contributed by atoms with Gasteiger partial charge in [0.2, 0.25) is 5.91 Å². The average Bonchev–Trinajstić information content (AvgIpc) is 3.04. The summed E-state index contributed by atoms with van der Waals surface area (Å²) >= 11 is 0. The van der Waals surface area contributed by atoms with E-state index in [1.807, 2.05) is 42.6 Å². The third kappa shape index (κ3) is 2.49. The Morgan fingerprint density at radius 3 is 2.64 bits per heavy atom. The summed E-state index contributed by atoms with van der Waals surface area (Å²) in [7, 11) is 0. The van der Waals surface area contributed by atoms with E-state index in [4.69, 9.17) is 5.73 Å². The minimum atomic E-state index is -0.501. The molecular formula is C19H14N4O2. The average molecular weight is 330 g/mol. The molecule has 6 heteroatoms. The van der Waals surface area contributed by atoms with E-state index in [2.05, 4.69) is 9.97 Å². The second kappa shape index (κ2) is 5.76. The van der Waals surface area contributed by atoms with Gasteiger partial charge in [-0.15, -0.1) is 0 Å². The lowest BCUT2D eigenvalue weighted by atomic mass is 10.0. The van der Waals surface area contributed by atoms with Gasteiger partial charge in [-0.25, -0.2) is 4.98 Å². The normalized spacial score (nSPS) is 10.9. The van der Waals surface area contributed by atoms with Crippen molar-refractivity contribution in [1.82, 2.24) is 14.5 Å². The summed E-state index contributed by atoms with van der Waals surface area (Å²) in [5.74, 6) is -0.501. The fraction of sp³-hybridized carbons (Fsp3) is 0. The van der Waals surface area contributed by atoms with Crippen molar-refractivity contribution >= 4 is 16.9 Å². The van der Waals surface area contributed by atoms with Crippen molar-refractivity contribution in [3.63, 3.8) is 0 Å². The van der Waals surface area contributed by atoms with Crippen molar-refractivity contribution in [1.29, 1.82) is 0 Å². The van der Waals surface area contributed by atoms with E-state index in [0.717, 1.165) is 16.8 Å². The number of aromatic nitrogens is 3. The molecule has 2 heterocycles. The molecule has 0 saturated heterocycles. The number of H-pyrrole nitrogens is 1. The molecule has 0 aliphatic rings. The first-order chi connectivity index (χ1) is 12.1. The minimum absolute atomic E-state index is 0.230. The Hall–Kier alpha value is -3.67. The number of aromatic amines is 1. The van der Waals surface area contributed by atoms with Crippen molar-refractivity contribution in [2.24, 2.45) is 5.73 Å². The number of hydrogen-bond donors (Lipinski definition) is 2. The highest BCUT2D eigenvalue weighted by Crippen LogP contribution is 2.30. The Morgan fingerprint density at radius 1 is 1.08 bits per heavy atom. The number of para-hydroxylation sites is 1. The van der Waals surface area contributed by atoms with Crippen LogP contribution in [0.25, 0.3) is 27.8 Å². The number of nitrogens with two attached hydrogens (primary N) is 1. The third-order valence-electron chi connectivity index (χ3n) is 4.08. The number of amides is 1. The number of nitrogens with one attached hydrogen (secondary N) is 1. The molecule has 1 amide bonds. The highest BCUT2D eigenvalue weighted by Gasteiger charge is 2.16. The molecule has 0 radical (unpaired) electrons. The summed E-state index contributed by atoms with van der Waals surface area (Å²) in [6.45, 7) is 0. The van der Waals surface area contributed by atoms with Crippen LogP contribution in [0.1, 0.15) is 10.4 Å². The molecule has 0 fully saturated rings. The van der Waals surface area contributed by atoms with Crippen LogP contribution in [0.3, 0.4) is 0 Å². The van der Waals surface area contributed by atoms with Crippen LogP contribution in [-0.2, 0) is 0 Å². The van der Waals surface area contributed by atoms with Crippen LogP contribution in [-0.4, -0.2) is 20.4 Å². The molecule has 3 N–H and O–H groups in total. The summed E-state index contributed by atoms with van der Waals surface area (Å²) in [6, 6.07) is 16.5. The fourth-order valence-corrected chi connectivity index (χ4v) is 2.91. The maximum absolute atomic E-state index is 12.4. The SMILES string of the molecule is NC(=O)c1cccc(-c2cn(-c3ccccc3)c3c(=O)[nH]cnc23)c1. The number of hydrogen-bond acceptors (Lipinski definition) is 3. The molecule has 0 saturated carbocycles. The highest BCUT2D eigenvalue weighted by atomic mass is 16.1. The van der Waals surface area contributed by atoms with Crippen molar-refractivity contribution in [3.05, 3.63) is 83.0 Å². The van der Waals surface area contributed by atoms with E-state index < -0.39 is 5.91 Å². The maximum atomic E-state index is 12.4. The van der Waals surface area contributed by atoms with E-state index >= 15 is 0 Å². The van der Waals surface area contributed by atoms with Gasteiger partial charge in [0.15, 0.2) is 0 Å². The zero-order chi connectivity index (χ0) is 17.4. The predicted molar refractivity (Wildman–Crippen MR) is 95.6 cm³/mol. The van der Waals surface area contributed by atoms with Gasteiger partial charge in [-0.1, -0.05) is 30.3 Å². The summed E-state index contributed by atoms with van der Waals surface area (Å²) < 4.78 is 1.80.